The number of carbonyl (C=O) groups excluding carboxylic acids is 2. The average molecular weight is 334 g/mol. The summed E-state index contributed by atoms with van der Waals surface area (Å²) in [6, 6.07) is 5.90. The predicted octanol–water partition coefficient (Wildman–Crippen LogP) is 3.29. The molecule has 1 atom stereocenters. The summed E-state index contributed by atoms with van der Waals surface area (Å²) in [5.74, 6) is -2.10. The van der Waals surface area contributed by atoms with E-state index in [-0.39, 0.29) is 23.9 Å². The van der Waals surface area contributed by atoms with Crippen molar-refractivity contribution >= 4 is 23.3 Å². The van der Waals surface area contributed by atoms with Gasteiger partial charge in [0.15, 0.2) is 0 Å². The molecule has 7 nitrogen and oxygen atoms in total. The number of nitro groups is 1. The van der Waals surface area contributed by atoms with Gasteiger partial charge in [0.25, 0.3) is 5.69 Å². The minimum absolute atomic E-state index is 0.0828. The van der Waals surface area contributed by atoms with Crippen LogP contribution in [-0.4, -0.2) is 23.4 Å². The fourth-order valence-corrected chi connectivity index (χ4v) is 3.16. The van der Waals surface area contributed by atoms with Gasteiger partial charge in [-0.3, -0.25) is 19.7 Å². The van der Waals surface area contributed by atoms with Crippen LogP contribution in [0.25, 0.3) is 0 Å². The van der Waals surface area contributed by atoms with Gasteiger partial charge in [-0.05, 0) is 31.7 Å². The zero-order valence-electron chi connectivity index (χ0n) is 13.7. The second kappa shape index (κ2) is 8.42. The van der Waals surface area contributed by atoms with Gasteiger partial charge in [-0.2, -0.15) is 0 Å². The summed E-state index contributed by atoms with van der Waals surface area (Å²) in [6.07, 6.45) is 4.61. The summed E-state index contributed by atoms with van der Waals surface area (Å²) in [5.41, 5.74) is -0.102. The molecule has 0 aliphatic heterocycles. The van der Waals surface area contributed by atoms with Crippen LogP contribution in [0.1, 0.15) is 39.0 Å². The van der Waals surface area contributed by atoms with Crippen LogP contribution in [0.5, 0.6) is 0 Å². The highest BCUT2D eigenvalue weighted by Gasteiger charge is 2.37. The molecule has 1 fully saturated rings. The molecule has 0 radical (unpaired) electrons. The van der Waals surface area contributed by atoms with Crippen molar-refractivity contribution in [1.29, 1.82) is 0 Å². The summed E-state index contributed by atoms with van der Waals surface area (Å²) < 4.78 is 5.06. The number of amides is 1. The number of para-hydroxylation sites is 2. The van der Waals surface area contributed by atoms with Crippen molar-refractivity contribution in [2.24, 2.45) is 11.8 Å². The SMILES string of the molecule is CCOC(=O)C(C(=O)Nc1ccccc1[N+](=O)[O-])C1CCCCC1. The number of hydrogen-bond acceptors (Lipinski definition) is 5. The maximum atomic E-state index is 12.7. The molecule has 1 aromatic rings. The van der Waals surface area contributed by atoms with Crippen LogP contribution < -0.4 is 5.32 Å². The number of nitro benzene ring substituents is 1. The number of rotatable bonds is 6. The maximum absolute atomic E-state index is 12.7. The fraction of sp³-hybridized carbons (Fsp3) is 0.529. The fourth-order valence-electron chi connectivity index (χ4n) is 3.16. The van der Waals surface area contributed by atoms with Gasteiger partial charge in [-0.25, -0.2) is 0 Å². The van der Waals surface area contributed by atoms with Gasteiger partial charge in [0.05, 0.1) is 11.5 Å². The van der Waals surface area contributed by atoms with E-state index in [0.717, 1.165) is 32.1 Å². The van der Waals surface area contributed by atoms with Crippen molar-refractivity contribution in [3.8, 4) is 0 Å². The number of benzene rings is 1. The van der Waals surface area contributed by atoms with Crippen LogP contribution in [0.4, 0.5) is 11.4 Å². The van der Waals surface area contributed by atoms with E-state index < -0.39 is 22.7 Å². The lowest BCUT2D eigenvalue weighted by molar-refractivity contribution is -0.383. The van der Waals surface area contributed by atoms with Crippen molar-refractivity contribution in [3.05, 3.63) is 34.4 Å². The molecular formula is C17H22N2O5. The van der Waals surface area contributed by atoms with E-state index in [1.165, 1.54) is 18.2 Å². The molecule has 130 valence electrons. The summed E-state index contributed by atoms with van der Waals surface area (Å²) >= 11 is 0. The van der Waals surface area contributed by atoms with E-state index in [0.29, 0.717) is 0 Å². The number of nitrogens with zero attached hydrogens (tertiary/aromatic N) is 1. The molecule has 7 heteroatoms. The number of nitrogens with one attached hydrogen (secondary N) is 1. The Balaban J connectivity index is 2.21. The van der Waals surface area contributed by atoms with Crippen LogP contribution in [0.3, 0.4) is 0 Å². The maximum Gasteiger partial charge on any atom is 0.318 e. The highest BCUT2D eigenvalue weighted by Crippen LogP contribution is 2.32. The van der Waals surface area contributed by atoms with Gasteiger partial charge in [0, 0.05) is 6.07 Å². The first-order valence-electron chi connectivity index (χ1n) is 8.25. The van der Waals surface area contributed by atoms with Crippen LogP contribution >= 0.6 is 0 Å². The molecule has 1 saturated carbocycles. The molecule has 24 heavy (non-hydrogen) atoms. The lowest BCUT2D eigenvalue weighted by Crippen LogP contribution is -2.38. The number of anilines is 1. The number of ether oxygens (including phenoxy) is 1. The average Bonchev–Trinajstić information content (AvgIpc) is 2.56. The first kappa shape index (κ1) is 17.9. The molecule has 0 saturated heterocycles. The van der Waals surface area contributed by atoms with Crippen molar-refractivity contribution in [1.82, 2.24) is 0 Å². The zero-order valence-corrected chi connectivity index (χ0v) is 13.7. The predicted molar refractivity (Wildman–Crippen MR) is 88.4 cm³/mol. The van der Waals surface area contributed by atoms with Gasteiger partial charge in [-0.1, -0.05) is 31.4 Å². The van der Waals surface area contributed by atoms with Gasteiger partial charge in [0.1, 0.15) is 11.6 Å². The van der Waals surface area contributed by atoms with Crippen molar-refractivity contribution in [3.63, 3.8) is 0 Å². The summed E-state index contributed by atoms with van der Waals surface area (Å²) in [4.78, 5) is 35.5. The van der Waals surface area contributed by atoms with Gasteiger partial charge in [0.2, 0.25) is 5.91 Å². The highest BCUT2D eigenvalue weighted by atomic mass is 16.6. The second-order valence-electron chi connectivity index (χ2n) is 5.89. The molecule has 1 N–H and O–H groups in total. The molecule has 1 aromatic carbocycles. The van der Waals surface area contributed by atoms with Crippen LogP contribution in [0.2, 0.25) is 0 Å². The molecule has 1 aliphatic carbocycles. The third-order valence-electron chi connectivity index (χ3n) is 4.30. The third kappa shape index (κ3) is 4.31. The smallest absolute Gasteiger partial charge is 0.318 e. The standard InChI is InChI=1S/C17H22N2O5/c1-2-24-17(21)15(12-8-4-3-5-9-12)16(20)18-13-10-6-7-11-14(13)19(22)23/h6-7,10-12,15H,2-5,8-9H2,1H3,(H,18,20). The number of esters is 1. The topological polar surface area (TPSA) is 98.5 Å². The normalized spacial score (nSPS) is 16.2. The molecule has 1 aliphatic rings. The van der Waals surface area contributed by atoms with Crippen molar-refractivity contribution in [2.75, 3.05) is 11.9 Å². The molecular weight excluding hydrogens is 312 g/mol. The lowest BCUT2D eigenvalue weighted by Gasteiger charge is -2.27. The van der Waals surface area contributed by atoms with Crippen LogP contribution in [0, 0.1) is 22.0 Å². The molecule has 0 heterocycles. The summed E-state index contributed by atoms with van der Waals surface area (Å²) in [5, 5.41) is 13.6. The Labute approximate surface area is 140 Å². The number of hydrogen-bond donors (Lipinski definition) is 1. The molecule has 0 spiro atoms. The Kier molecular flexibility index (Phi) is 6.28. The van der Waals surface area contributed by atoms with Crippen LogP contribution in [-0.2, 0) is 14.3 Å². The van der Waals surface area contributed by atoms with Crippen LogP contribution in [0.15, 0.2) is 24.3 Å². The second-order valence-corrected chi connectivity index (χ2v) is 5.89. The van der Waals surface area contributed by atoms with Crippen molar-refractivity contribution in [2.45, 2.75) is 39.0 Å². The van der Waals surface area contributed by atoms with E-state index in [4.69, 9.17) is 4.74 Å². The highest BCUT2D eigenvalue weighted by molar-refractivity contribution is 6.05. The van der Waals surface area contributed by atoms with Crippen molar-refractivity contribution < 1.29 is 19.2 Å². The number of carbonyl (C=O) groups is 2. The zero-order chi connectivity index (χ0) is 17.5. The van der Waals surface area contributed by atoms with Gasteiger partial charge < -0.3 is 10.1 Å². The molecule has 0 aromatic heterocycles. The van der Waals surface area contributed by atoms with E-state index in [9.17, 15) is 19.7 Å². The first-order chi connectivity index (χ1) is 11.5. The molecule has 1 unspecified atom stereocenters. The largest absolute Gasteiger partial charge is 0.465 e. The van der Waals surface area contributed by atoms with E-state index in [1.54, 1.807) is 13.0 Å². The molecule has 0 bridgehead atoms. The minimum atomic E-state index is -0.926. The third-order valence-corrected chi connectivity index (χ3v) is 4.30. The minimum Gasteiger partial charge on any atom is -0.465 e. The van der Waals surface area contributed by atoms with E-state index in [1.807, 2.05) is 0 Å². The monoisotopic (exact) mass is 334 g/mol. The quantitative estimate of drug-likeness (QED) is 0.372. The summed E-state index contributed by atoms with van der Waals surface area (Å²) in [6.45, 7) is 1.89. The Hall–Kier alpha value is -2.44. The van der Waals surface area contributed by atoms with Gasteiger partial charge >= 0.3 is 5.97 Å². The van der Waals surface area contributed by atoms with E-state index >= 15 is 0 Å². The van der Waals surface area contributed by atoms with Gasteiger partial charge in [-0.15, -0.1) is 0 Å². The summed E-state index contributed by atoms with van der Waals surface area (Å²) in [7, 11) is 0. The molecule has 2 rings (SSSR count). The Morgan fingerprint density at radius 2 is 1.96 bits per heavy atom. The Bertz CT molecular complexity index is 611. The first-order valence-corrected chi connectivity index (χ1v) is 8.25. The molecule has 1 amide bonds. The Morgan fingerprint density at radius 3 is 2.58 bits per heavy atom. The Morgan fingerprint density at radius 1 is 1.29 bits per heavy atom. The van der Waals surface area contributed by atoms with E-state index in [2.05, 4.69) is 5.32 Å². The lowest BCUT2D eigenvalue weighted by atomic mass is 9.79.